The molecular weight excluding hydrogens is 250 g/mol. The maximum atomic E-state index is 5.94. The minimum absolute atomic E-state index is 0.669. The molecule has 1 N–H and O–H groups in total. The van der Waals surface area contributed by atoms with E-state index in [-0.39, 0.29) is 0 Å². The molecule has 0 atom stereocenters. The van der Waals surface area contributed by atoms with Crippen LogP contribution in [0.5, 0.6) is 0 Å². The highest BCUT2D eigenvalue weighted by atomic mass is 35.5. The van der Waals surface area contributed by atoms with Gasteiger partial charge in [-0.05, 0) is 17.7 Å². The predicted octanol–water partition coefficient (Wildman–Crippen LogP) is 2.80. The number of rotatable bonds is 6. The highest BCUT2D eigenvalue weighted by Gasteiger charge is 2.02. The lowest BCUT2D eigenvalue weighted by Gasteiger charge is -2.09. The summed E-state index contributed by atoms with van der Waals surface area (Å²) < 4.78 is 7.08. The van der Waals surface area contributed by atoms with E-state index in [4.69, 9.17) is 16.3 Å². The van der Waals surface area contributed by atoms with Crippen LogP contribution >= 0.6 is 11.6 Å². The first kappa shape index (κ1) is 12.9. The molecule has 0 aliphatic carbocycles. The van der Waals surface area contributed by atoms with Gasteiger partial charge >= 0.3 is 0 Å². The molecule has 0 saturated heterocycles. The molecule has 1 heterocycles. The van der Waals surface area contributed by atoms with Crippen molar-refractivity contribution in [3.05, 3.63) is 47.2 Å². The summed E-state index contributed by atoms with van der Waals surface area (Å²) in [5, 5.41) is 4.03. The van der Waals surface area contributed by atoms with Gasteiger partial charge in [0.2, 0.25) is 5.95 Å². The molecule has 2 aromatic rings. The maximum Gasteiger partial charge on any atom is 0.203 e. The molecule has 0 spiro atoms. The molecule has 4 nitrogen and oxygen atoms in total. The minimum atomic E-state index is 0.669. The van der Waals surface area contributed by atoms with Crippen molar-refractivity contribution in [1.29, 1.82) is 0 Å². The van der Waals surface area contributed by atoms with E-state index in [9.17, 15) is 0 Å². The van der Waals surface area contributed by atoms with Crippen molar-refractivity contribution in [2.45, 2.75) is 13.1 Å². The summed E-state index contributed by atoms with van der Waals surface area (Å²) in [6.45, 7) is 2.15. The van der Waals surface area contributed by atoms with Gasteiger partial charge in [-0.25, -0.2) is 4.98 Å². The summed E-state index contributed by atoms with van der Waals surface area (Å²) in [6.07, 6.45) is 3.70. The molecule has 0 bridgehead atoms. The Balaban J connectivity index is 1.95. The zero-order valence-electron chi connectivity index (χ0n) is 10.3. The van der Waals surface area contributed by atoms with E-state index in [1.807, 2.05) is 35.0 Å². The number of methoxy groups -OCH3 is 1. The average Bonchev–Trinajstić information content (AvgIpc) is 2.81. The van der Waals surface area contributed by atoms with Crippen molar-refractivity contribution in [3.8, 4) is 0 Å². The number of benzene rings is 1. The highest BCUT2D eigenvalue weighted by molar-refractivity contribution is 6.30. The first-order chi connectivity index (χ1) is 8.79. The SMILES string of the molecule is COCCn1ccnc1NCc1cccc(Cl)c1. The maximum absolute atomic E-state index is 5.94. The van der Waals surface area contributed by atoms with E-state index in [0.29, 0.717) is 13.2 Å². The number of hydrogen-bond donors (Lipinski definition) is 1. The van der Waals surface area contributed by atoms with Gasteiger partial charge in [0.25, 0.3) is 0 Å². The molecule has 0 saturated carbocycles. The van der Waals surface area contributed by atoms with Gasteiger partial charge in [0.05, 0.1) is 6.61 Å². The van der Waals surface area contributed by atoms with Crippen molar-refractivity contribution in [2.24, 2.45) is 0 Å². The van der Waals surface area contributed by atoms with E-state index in [2.05, 4.69) is 10.3 Å². The van der Waals surface area contributed by atoms with Crippen molar-refractivity contribution >= 4 is 17.5 Å². The fourth-order valence-corrected chi connectivity index (χ4v) is 1.89. The number of ether oxygens (including phenoxy) is 1. The van der Waals surface area contributed by atoms with Gasteiger partial charge in [-0.15, -0.1) is 0 Å². The van der Waals surface area contributed by atoms with Crippen LogP contribution in [0.4, 0.5) is 5.95 Å². The minimum Gasteiger partial charge on any atom is -0.383 e. The number of anilines is 1. The van der Waals surface area contributed by atoms with Crippen LogP contribution in [0.25, 0.3) is 0 Å². The van der Waals surface area contributed by atoms with E-state index >= 15 is 0 Å². The fourth-order valence-electron chi connectivity index (χ4n) is 1.67. The van der Waals surface area contributed by atoms with E-state index in [1.165, 1.54) is 0 Å². The van der Waals surface area contributed by atoms with Crippen LogP contribution in [0.2, 0.25) is 5.02 Å². The van der Waals surface area contributed by atoms with Crippen LogP contribution in [0.3, 0.4) is 0 Å². The Bertz CT molecular complexity index is 498. The second-order valence-corrected chi connectivity index (χ2v) is 4.36. The van der Waals surface area contributed by atoms with Crippen LogP contribution in [-0.2, 0) is 17.8 Å². The molecule has 0 fully saturated rings. The summed E-state index contributed by atoms with van der Waals surface area (Å²) in [5.41, 5.74) is 1.13. The van der Waals surface area contributed by atoms with Gasteiger partial charge in [0.1, 0.15) is 0 Å². The number of hydrogen-bond acceptors (Lipinski definition) is 3. The topological polar surface area (TPSA) is 39.1 Å². The van der Waals surface area contributed by atoms with Gasteiger partial charge < -0.3 is 14.6 Å². The van der Waals surface area contributed by atoms with Gasteiger partial charge in [0, 0.05) is 37.6 Å². The lowest BCUT2D eigenvalue weighted by Crippen LogP contribution is -2.09. The molecule has 0 radical (unpaired) electrons. The molecule has 0 aliphatic rings. The summed E-state index contributed by atoms with van der Waals surface area (Å²) in [4.78, 5) is 4.27. The second kappa shape index (κ2) is 6.42. The van der Waals surface area contributed by atoms with Crippen molar-refractivity contribution in [2.75, 3.05) is 19.0 Å². The smallest absolute Gasteiger partial charge is 0.203 e. The molecule has 96 valence electrons. The average molecular weight is 266 g/mol. The first-order valence-corrected chi connectivity index (χ1v) is 6.16. The molecule has 0 unspecified atom stereocenters. The summed E-state index contributed by atoms with van der Waals surface area (Å²) in [5.74, 6) is 0.840. The van der Waals surface area contributed by atoms with Gasteiger partial charge in [-0.3, -0.25) is 0 Å². The monoisotopic (exact) mass is 265 g/mol. The third-order valence-corrected chi connectivity index (χ3v) is 2.83. The third kappa shape index (κ3) is 3.48. The molecular formula is C13H16ClN3O. The Kier molecular flexibility index (Phi) is 4.61. The lowest BCUT2D eigenvalue weighted by atomic mass is 10.2. The van der Waals surface area contributed by atoms with Crippen molar-refractivity contribution in [3.63, 3.8) is 0 Å². The molecule has 0 aliphatic heterocycles. The van der Waals surface area contributed by atoms with Gasteiger partial charge in [-0.1, -0.05) is 23.7 Å². The molecule has 2 rings (SSSR count). The number of imidazole rings is 1. The first-order valence-electron chi connectivity index (χ1n) is 5.78. The van der Waals surface area contributed by atoms with Gasteiger partial charge in [0.15, 0.2) is 0 Å². The van der Waals surface area contributed by atoms with Crippen LogP contribution in [0.1, 0.15) is 5.56 Å². The van der Waals surface area contributed by atoms with Crippen LogP contribution in [0, 0.1) is 0 Å². The zero-order valence-corrected chi connectivity index (χ0v) is 11.0. The summed E-state index contributed by atoms with van der Waals surface area (Å²) in [7, 11) is 1.69. The van der Waals surface area contributed by atoms with E-state index < -0.39 is 0 Å². The predicted molar refractivity (Wildman–Crippen MR) is 72.9 cm³/mol. The normalized spacial score (nSPS) is 10.6. The number of nitrogens with one attached hydrogen (secondary N) is 1. The summed E-state index contributed by atoms with van der Waals surface area (Å²) in [6, 6.07) is 7.78. The standard InChI is InChI=1S/C13H16ClN3O/c1-18-8-7-17-6-5-15-13(17)16-10-11-3-2-4-12(14)9-11/h2-6,9H,7-8,10H2,1H3,(H,15,16). The quantitative estimate of drug-likeness (QED) is 0.873. The van der Waals surface area contributed by atoms with E-state index in [0.717, 1.165) is 23.1 Å². The Morgan fingerprint density at radius 2 is 2.33 bits per heavy atom. The Labute approximate surface area is 112 Å². The molecule has 5 heteroatoms. The number of halogens is 1. The molecule has 1 aromatic heterocycles. The van der Waals surface area contributed by atoms with Crippen molar-refractivity contribution in [1.82, 2.24) is 9.55 Å². The molecule has 0 amide bonds. The molecule has 1 aromatic carbocycles. The van der Waals surface area contributed by atoms with Crippen LogP contribution in [-0.4, -0.2) is 23.3 Å². The highest BCUT2D eigenvalue weighted by Crippen LogP contribution is 2.12. The number of nitrogens with zero attached hydrogens (tertiary/aromatic N) is 2. The largest absolute Gasteiger partial charge is 0.383 e. The fraction of sp³-hybridized carbons (Fsp3) is 0.308. The van der Waals surface area contributed by atoms with Crippen LogP contribution in [0.15, 0.2) is 36.7 Å². The zero-order chi connectivity index (χ0) is 12.8. The Morgan fingerprint density at radius 3 is 3.11 bits per heavy atom. The second-order valence-electron chi connectivity index (χ2n) is 3.92. The third-order valence-electron chi connectivity index (χ3n) is 2.59. The van der Waals surface area contributed by atoms with Crippen LogP contribution < -0.4 is 5.32 Å². The number of aromatic nitrogens is 2. The lowest BCUT2D eigenvalue weighted by molar-refractivity contribution is 0.187. The van der Waals surface area contributed by atoms with Gasteiger partial charge in [-0.2, -0.15) is 0 Å². The molecule has 18 heavy (non-hydrogen) atoms. The van der Waals surface area contributed by atoms with E-state index in [1.54, 1.807) is 13.3 Å². The Morgan fingerprint density at radius 1 is 1.44 bits per heavy atom. The summed E-state index contributed by atoms with van der Waals surface area (Å²) >= 11 is 5.94. The van der Waals surface area contributed by atoms with Crippen molar-refractivity contribution < 1.29 is 4.74 Å². The Hall–Kier alpha value is -1.52.